The molecule has 0 aliphatic heterocycles. The Kier molecular flexibility index (Phi) is 5.75. The van der Waals surface area contributed by atoms with E-state index >= 15 is 0 Å². The molecule has 0 saturated heterocycles. The van der Waals surface area contributed by atoms with E-state index in [0.717, 1.165) is 10.6 Å². The number of hydrogen-bond donors (Lipinski definition) is 3. The van der Waals surface area contributed by atoms with Gasteiger partial charge in [-0.15, -0.1) is 11.3 Å². The van der Waals surface area contributed by atoms with Crippen molar-refractivity contribution >= 4 is 28.5 Å². The van der Waals surface area contributed by atoms with E-state index < -0.39 is 5.97 Å². The molecule has 0 aromatic carbocycles. The molecular weight excluding hydrogens is 266 g/mol. The highest BCUT2D eigenvalue weighted by Crippen LogP contribution is 2.20. The summed E-state index contributed by atoms with van der Waals surface area (Å²) < 4.78 is 0. The quantitative estimate of drug-likeness (QED) is 0.748. The van der Waals surface area contributed by atoms with Gasteiger partial charge in [-0.2, -0.15) is 0 Å². The fraction of sp³-hybridized carbons (Fsp3) is 0.583. The van der Waals surface area contributed by atoms with Crippen molar-refractivity contribution in [2.45, 2.75) is 33.6 Å². The van der Waals surface area contributed by atoms with Gasteiger partial charge in [-0.25, -0.2) is 9.78 Å². The largest absolute Gasteiger partial charge is 0.481 e. The van der Waals surface area contributed by atoms with Gasteiger partial charge in [0.1, 0.15) is 0 Å². The van der Waals surface area contributed by atoms with Crippen LogP contribution in [0.15, 0.2) is 0 Å². The van der Waals surface area contributed by atoms with Crippen molar-refractivity contribution in [1.29, 1.82) is 0 Å². The fourth-order valence-corrected chi connectivity index (χ4v) is 2.32. The van der Waals surface area contributed by atoms with Gasteiger partial charge in [0.25, 0.3) is 0 Å². The first-order chi connectivity index (χ1) is 8.92. The van der Waals surface area contributed by atoms with E-state index in [9.17, 15) is 9.59 Å². The van der Waals surface area contributed by atoms with E-state index in [1.54, 1.807) is 0 Å². The maximum absolute atomic E-state index is 11.6. The monoisotopic (exact) mass is 285 g/mol. The Bertz CT molecular complexity index is 440. The number of urea groups is 1. The van der Waals surface area contributed by atoms with Crippen molar-refractivity contribution in [3.05, 3.63) is 10.6 Å². The summed E-state index contributed by atoms with van der Waals surface area (Å²) in [5.41, 5.74) is 0.901. The zero-order chi connectivity index (χ0) is 14.4. The van der Waals surface area contributed by atoms with Crippen LogP contribution in [-0.4, -0.2) is 28.6 Å². The van der Waals surface area contributed by atoms with E-state index in [1.807, 2.05) is 20.8 Å². The van der Waals surface area contributed by atoms with Gasteiger partial charge in [0.05, 0.1) is 5.69 Å². The van der Waals surface area contributed by atoms with Gasteiger partial charge in [0.15, 0.2) is 5.13 Å². The second-order valence-corrected chi connectivity index (χ2v) is 5.57. The Hall–Kier alpha value is -1.63. The second-order valence-electron chi connectivity index (χ2n) is 4.37. The van der Waals surface area contributed by atoms with Crippen LogP contribution in [0, 0.1) is 19.8 Å². The molecule has 19 heavy (non-hydrogen) atoms. The maximum Gasteiger partial charge on any atom is 0.321 e. The van der Waals surface area contributed by atoms with Crippen LogP contribution in [0.5, 0.6) is 0 Å². The molecule has 1 aromatic heterocycles. The van der Waals surface area contributed by atoms with Crippen LogP contribution in [0.4, 0.5) is 9.93 Å². The average Bonchev–Trinajstić information content (AvgIpc) is 2.63. The zero-order valence-corrected chi connectivity index (χ0v) is 12.1. The van der Waals surface area contributed by atoms with E-state index in [0.29, 0.717) is 18.1 Å². The Morgan fingerprint density at radius 1 is 1.42 bits per heavy atom. The molecule has 1 unspecified atom stereocenters. The van der Waals surface area contributed by atoms with Crippen molar-refractivity contribution in [2.24, 2.45) is 5.92 Å². The Balaban J connectivity index is 2.40. The maximum atomic E-state index is 11.6. The molecule has 0 saturated carbocycles. The van der Waals surface area contributed by atoms with Gasteiger partial charge < -0.3 is 10.4 Å². The van der Waals surface area contributed by atoms with Crippen LogP contribution < -0.4 is 10.6 Å². The number of carbonyl (C=O) groups excluding carboxylic acids is 1. The lowest BCUT2D eigenvalue weighted by molar-refractivity contribution is -0.138. The van der Waals surface area contributed by atoms with Gasteiger partial charge in [-0.1, -0.05) is 13.3 Å². The number of aryl methyl sites for hydroxylation is 2. The first kappa shape index (κ1) is 15.4. The molecule has 6 nitrogen and oxygen atoms in total. The van der Waals surface area contributed by atoms with E-state index in [4.69, 9.17) is 5.11 Å². The molecule has 3 N–H and O–H groups in total. The highest BCUT2D eigenvalue weighted by molar-refractivity contribution is 7.15. The number of carbonyl (C=O) groups is 2. The standard InChI is InChI=1S/C12H19N3O3S/c1-4-9(5-10(16)17)6-13-11(18)15-12-14-7(2)8(3)19-12/h9H,4-6H2,1-3H3,(H,16,17)(H2,13,14,15,18). The topological polar surface area (TPSA) is 91.3 Å². The van der Waals surface area contributed by atoms with Gasteiger partial charge in [0.2, 0.25) is 0 Å². The molecule has 0 radical (unpaired) electrons. The van der Waals surface area contributed by atoms with Crippen molar-refractivity contribution in [1.82, 2.24) is 10.3 Å². The van der Waals surface area contributed by atoms with E-state index in [-0.39, 0.29) is 18.4 Å². The van der Waals surface area contributed by atoms with Crippen LogP contribution in [0.1, 0.15) is 30.3 Å². The van der Waals surface area contributed by atoms with Gasteiger partial charge >= 0.3 is 12.0 Å². The number of carboxylic acid groups (broad SMARTS) is 1. The van der Waals surface area contributed by atoms with Crippen LogP contribution in [0.3, 0.4) is 0 Å². The number of rotatable bonds is 6. The van der Waals surface area contributed by atoms with Crippen LogP contribution >= 0.6 is 11.3 Å². The number of amides is 2. The number of thiazole rings is 1. The lowest BCUT2D eigenvalue weighted by Gasteiger charge is -2.13. The minimum Gasteiger partial charge on any atom is -0.481 e. The molecule has 0 aliphatic rings. The van der Waals surface area contributed by atoms with Gasteiger partial charge in [0, 0.05) is 17.8 Å². The third-order valence-corrected chi connectivity index (χ3v) is 3.83. The molecule has 1 atom stereocenters. The smallest absolute Gasteiger partial charge is 0.321 e. The summed E-state index contributed by atoms with van der Waals surface area (Å²) in [6.45, 7) is 6.07. The number of anilines is 1. The minimum absolute atomic E-state index is 0.0528. The number of hydrogen-bond acceptors (Lipinski definition) is 4. The third kappa shape index (κ3) is 5.25. The van der Waals surface area contributed by atoms with Crippen LogP contribution in [0.2, 0.25) is 0 Å². The molecule has 1 rings (SSSR count). The van der Waals surface area contributed by atoms with Crippen molar-refractivity contribution in [2.75, 3.05) is 11.9 Å². The molecule has 1 aromatic rings. The van der Waals surface area contributed by atoms with Crippen molar-refractivity contribution in [3.8, 4) is 0 Å². The molecule has 0 spiro atoms. The lowest BCUT2D eigenvalue weighted by Crippen LogP contribution is -2.33. The summed E-state index contributed by atoms with van der Waals surface area (Å²) >= 11 is 1.42. The van der Waals surface area contributed by atoms with E-state index in [2.05, 4.69) is 15.6 Å². The average molecular weight is 285 g/mol. The SMILES string of the molecule is CCC(CNC(=O)Nc1nc(C)c(C)s1)CC(=O)O. The summed E-state index contributed by atoms with van der Waals surface area (Å²) in [5, 5.41) is 14.6. The molecule has 7 heteroatoms. The summed E-state index contributed by atoms with van der Waals surface area (Å²) in [5.74, 6) is -0.900. The predicted molar refractivity (Wildman–Crippen MR) is 74.6 cm³/mol. The zero-order valence-electron chi connectivity index (χ0n) is 11.3. The molecule has 0 bridgehead atoms. The Labute approximate surface area is 116 Å². The molecule has 1 heterocycles. The minimum atomic E-state index is -0.847. The summed E-state index contributed by atoms with van der Waals surface area (Å²) in [7, 11) is 0. The van der Waals surface area contributed by atoms with Crippen LogP contribution in [-0.2, 0) is 4.79 Å². The molecule has 2 amide bonds. The number of carboxylic acids is 1. The van der Waals surface area contributed by atoms with Gasteiger partial charge in [-0.3, -0.25) is 10.1 Å². The first-order valence-corrected chi connectivity index (χ1v) is 6.94. The van der Waals surface area contributed by atoms with Gasteiger partial charge in [-0.05, 0) is 19.8 Å². The predicted octanol–water partition coefficient (Wildman–Crippen LogP) is 2.38. The number of nitrogens with zero attached hydrogens (tertiary/aromatic N) is 1. The highest BCUT2D eigenvalue weighted by atomic mass is 32.1. The highest BCUT2D eigenvalue weighted by Gasteiger charge is 2.13. The Morgan fingerprint density at radius 2 is 2.11 bits per heavy atom. The summed E-state index contributed by atoms with van der Waals surface area (Å²) in [6.07, 6.45) is 0.772. The second kappa shape index (κ2) is 7.08. The fourth-order valence-electron chi connectivity index (χ4n) is 1.51. The van der Waals surface area contributed by atoms with E-state index in [1.165, 1.54) is 11.3 Å². The number of nitrogens with one attached hydrogen (secondary N) is 2. The number of aliphatic carboxylic acids is 1. The lowest BCUT2D eigenvalue weighted by atomic mass is 10.0. The van der Waals surface area contributed by atoms with Crippen LogP contribution in [0.25, 0.3) is 0 Å². The molecule has 106 valence electrons. The van der Waals surface area contributed by atoms with Crippen molar-refractivity contribution in [3.63, 3.8) is 0 Å². The molecule has 0 aliphatic carbocycles. The van der Waals surface area contributed by atoms with Crippen molar-refractivity contribution < 1.29 is 14.7 Å². The number of aromatic nitrogens is 1. The third-order valence-electron chi connectivity index (χ3n) is 2.84. The summed E-state index contributed by atoms with van der Waals surface area (Å²) in [4.78, 5) is 27.5. The Morgan fingerprint density at radius 3 is 2.58 bits per heavy atom. The molecule has 0 fully saturated rings. The molecular formula is C12H19N3O3S. The first-order valence-electron chi connectivity index (χ1n) is 6.13. The summed E-state index contributed by atoms with van der Waals surface area (Å²) in [6, 6.07) is -0.349. The normalized spacial score (nSPS) is 11.9.